The van der Waals surface area contributed by atoms with E-state index in [0.717, 1.165) is 6.42 Å². The van der Waals surface area contributed by atoms with Gasteiger partial charge >= 0.3 is 0 Å². The smallest absolute Gasteiger partial charge is 0.0346 e. The van der Waals surface area contributed by atoms with Gasteiger partial charge in [-0.05, 0) is 36.8 Å². The molecule has 1 atom stereocenters. The standard InChI is InChI=1S/C16H22N2/c1-12(17-4)9-16(2,3)15-11-18-10-13-7-5-6-8-14(13)15/h5-8,10-12,17H,9H2,1-4H3. The van der Waals surface area contributed by atoms with Crippen LogP contribution < -0.4 is 5.32 Å². The second-order valence-electron chi connectivity index (χ2n) is 5.69. The summed E-state index contributed by atoms with van der Waals surface area (Å²) in [5.74, 6) is 0. The van der Waals surface area contributed by atoms with Gasteiger partial charge in [-0.25, -0.2) is 0 Å². The quantitative estimate of drug-likeness (QED) is 0.887. The van der Waals surface area contributed by atoms with Gasteiger partial charge in [-0.1, -0.05) is 38.1 Å². The Morgan fingerprint density at radius 3 is 2.67 bits per heavy atom. The Kier molecular flexibility index (Phi) is 3.67. The van der Waals surface area contributed by atoms with Crippen LogP contribution in [-0.2, 0) is 5.41 Å². The van der Waals surface area contributed by atoms with Gasteiger partial charge in [-0.2, -0.15) is 0 Å². The molecule has 96 valence electrons. The first-order chi connectivity index (χ1) is 8.54. The summed E-state index contributed by atoms with van der Waals surface area (Å²) in [6, 6.07) is 8.99. The van der Waals surface area contributed by atoms with Gasteiger partial charge in [-0.3, -0.25) is 4.98 Å². The van der Waals surface area contributed by atoms with Crippen LogP contribution in [0.2, 0.25) is 0 Å². The zero-order valence-electron chi connectivity index (χ0n) is 11.7. The van der Waals surface area contributed by atoms with E-state index in [1.165, 1.54) is 16.3 Å². The van der Waals surface area contributed by atoms with Crippen molar-refractivity contribution >= 4 is 10.8 Å². The molecule has 0 aliphatic rings. The summed E-state index contributed by atoms with van der Waals surface area (Å²) in [7, 11) is 2.02. The second-order valence-corrected chi connectivity index (χ2v) is 5.69. The molecule has 0 aliphatic heterocycles. The van der Waals surface area contributed by atoms with Crippen LogP contribution in [-0.4, -0.2) is 18.1 Å². The van der Waals surface area contributed by atoms with Crippen LogP contribution in [0.3, 0.4) is 0 Å². The molecule has 18 heavy (non-hydrogen) atoms. The molecule has 2 rings (SSSR count). The van der Waals surface area contributed by atoms with Gasteiger partial charge in [0.05, 0.1) is 0 Å². The number of rotatable bonds is 4. The molecule has 2 aromatic rings. The lowest BCUT2D eigenvalue weighted by Crippen LogP contribution is -2.31. The van der Waals surface area contributed by atoms with Crippen molar-refractivity contribution in [3.05, 3.63) is 42.2 Å². The van der Waals surface area contributed by atoms with Crippen molar-refractivity contribution in [2.24, 2.45) is 0 Å². The first-order valence-corrected chi connectivity index (χ1v) is 6.55. The van der Waals surface area contributed by atoms with Crippen molar-refractivity contribution in [2.75, 3.05) is 7.05 Å². The van der Waals surface area contributed by atoms with Crippen molar-refractivity contribution in [3.8, 4) is 0 Å². The lowest BCUT2D eigenvalue weighted by molar-refractivity contribution is 0.407. The van der Waals surface area contributed by atoms with E-state index in [0.29, 0.717) is 6.04 Å². The molecule has 1 N–H and O–H groups in total. The van der Waals surface area contributed by atoms with E-state index in [2.05, 4.69) is 55.3 Å². The minimum Gasteiger partial charge on any atom is -0.317 e. The SMILES string of the molecule is CNC(C)CC(C)(C)c1cncc2ccccc12. The molecule has 0 amide bonds. The van der Waals surface area contributed by atoms with Crippen molar-refractivity contribution < 1.29 is 0 Å². The predicted octanol–water partition coefficient (Wildman–Crippen LogP) is 3.51. The minimum absolute atomic E-state index is 0.121. The topological polar surface area (TPSA) is 24.9 Å². The maximum atomic E-state index is 4.39. The van der Waals surface area contributed by atoms with Crippen LogP contribution >= 0.6 is 0 Å². The highest BCUT2D eigenvalue weighted by atomic mass is 14.9. The Balaban J connectivity index is 2.46. The molecule has 2 nitrogen and oxygen atoms in total. The number of nitrogens with zero attached hydrogens (tertiary/aromatic N) is 1. The van der Waals surface area contributed by atoms with Crippen LogP contribution in [0.5, 0.6) is 0 Å². The Morgan fingerprint density at radius 2 is 1.94 bits per heavy atom. The minimum atomic E-state index is 0.121. The van der Waals surface area contributed by atoms with Crippen LogP contribution in [0, 0.1) is 0 Å². The van der Waals surface area contributed by atoms with Crippen LogP contribution in [0.4, 0.5) is 0 Å². The molecule has 0 fully saturated rings. The van der Waals surface area contributed by atoms with Gasteiger partial charge < -0.3 is 5.32 Å². The number of aromatic nitrogens is 1. The molecule has 0 aliphatic carbocycles. The Hall–Kier alpha value is -1.41. The van der Waals surface area contributed by atoms with Gasteiger partial charge in [0.1, 0.15) is 0 Å². The van der Waals surface area contributed by atoms with Crippen LogP contribution in [0.15, 0.2) is 36.7 Å². The Bertz CT molecular complexity index is 526. The number of fused-ring (bicyclic) bond motifs is 1. The molecular weight excluding hydrogens is 220 g/mol. The molecular formula is C16H22N2. The highest BCUT2D eigenvalue weighted by Crippen LogP contribution is 2.33. The molecule has 0 saturated heterocycles. The van der Waals surface area contributed by atoms with Gasteiger partial charge in [0, 0.05) is 23.8 Å². The van der Waals surface area contributed by atoms with E-state index in [4.69, 9.17) is 0 Å². The fourth-order valence-corrected chi connectivity index (χ4v) is 2.63. The maximum absolute atomic E-state index is 4.39. The summed E-state index contributed by atoms with van der Waals surface area (Å²) in [4.78, 5) is 4.39. The third-order valence-corrected chi connectivity index (χ3v) is 3.71. The average Bonchev–Trinajstić information content (AvgIpc) is 2.37. The van der Waals surface area contributed by atoms with E-state index in [9.17, 15) is 0 Å². The van der Waals surface area contributed by atoms with E-state index in [1.807, 2.05) is 19.4 Å². The summed E-state index contributed by atoms with van der Waals surface area (Å²) in [6.07, 6.45) is 5.06. The van der Waals surface area contributed by atoms with E-state index >= 15 is 0 Å². The summed E-state index contributed by atoms with van der Waals surface area (Å²) in [5.41, 5.74) is 1.46. The van der Waals surface area contributed by atoms with Crippen molar-refractivity contribution in [1.29, 1.82) is 0 Å². The zero-order valence-corrected chi connectivity index (χ0v) is 11.7. The highest BCUT2D eigenvalue weighted by Gasteiger charge is 2.25. The molecule has 1 aromatic carbocycles. The van der Waals surface area contributed by atoms with E-state index in [1.54, 1.807) is 0 Å². The van der Waals surface area contributed by atoms with Crippen molar-refractivity contribution in [3.63, 3.8) is 0 Å². The average molecular weight is 242 g/mol. The molecule has 0 radical (unpaired) electrons. The second kappa shape index (κ2) is 5.07. The highest BCUT2D eigenvalue weighted by molar-refractivity contribution is 5.85. The Morgan fingerprint density at radius 1 is 1.22 bits per heavy atom. The van der Waals surface area contributed by atoms with Gasteiger partial charge in [-0.15, -0.1) is 0 Å². The number of hydrogen-bond acceptors (Lipinski definition) is 2. The van der Waals surface area contributed by atoms with Crippen LogP contribution in [0.25, 0.3) is 10.8 Å². The van der Waals surface area contributed by atoms with Gasteiger partial charge in [0.2, 0.25) is 0 Å². The maximum Gasteiger partial charge on any atom is 0.0346 e. The summed E-state index contributed by atoms with van der Waals surface area (Å²) in [6.45, 7) is 6.81. The normalized spacial score (nSPS) is 13.8. The van der Waals surface area contributed by atoms with Gasteiger partial charge in [0.15, 0.2) is 0 Å². The number of nitrogens with one attached hydrogen (secondary N) is 1. The fraction of sp³-hybridized carbons (Fsp3) is 0.438. The summed E-state index contributed by atoms with van der Waals surface area (Å²) in [5, 5.41) is 5.86. The lowest BCUT2D eigenvalue weighted by atomic mass is 9.78. The molecule has 2 heteroatoms. The summed E-state index contributed by atoms with van der Waals surface area (Å²) >= 11 is 0. The monoisotopic (exact) mass is 242 g/mol. The number of hydrogen-bond donors (Lipinski definition) is 1. The molecule has 1 heterocycles. The Labute approximate surface area is 109 Å². The van der Waals surface area contributed by atoms with Gasteiger partial charge in [0.25, 0.3) is 0 Å². The van der Waals surface area contributed by atoms with E-state index in [-0.39, 0.29) is 5.41 Å². The molecule has 1 unspecified atom stereocenters. The zero-order chi connectivity index (χ0) is 13.2. The van der Waals surface area contributed by atoms with E-state index < -0.39 is 0 Å². The molecule has 0 spiro atoms. The van der Waals surface area contributed by atoms with Crippen molar-refractivity contribution in [1.82, 2.24) is 10.3 Å². The van der Waals surface area contributed by atoms with Crippen LogP contribution in [0.1, 0.15) is 32.8 Å². The molecule has 0 bridgehead atoms. The summed E-state index contributed by atoms with van der Waals surface area (Å²) < 4.78 is 0. The third kappa shape index (κ3) is 2.54. The predicted molar refractivity (Wildman–Crippen MR) is 77.9 cm³/mol. The van der Waals surface area contributed by atoms with Crippen molar-refractivity contribution in [2.45, 2.75) is 38.6 Å². The lowest BCUT2D eigenvalue weighted by Gasteiger charge is -2.29. The third-order valence-electron chi connectivity index (χ3n) is 3.71. The fourth-order valence-electron chi connectivity index (χ4n) is 2.63. The first kappa shape index (κ1) is 13.0. The molecule has 1 aromatic heterocycles. The largest absolute Gasteiger partial charge is 0.317 e. The molecule has 0 saturated carbocycles. The number of pyridine rings is 1. The number of benzene rings is 1. The first-order valence-electron chi connectivity index (χ1n) is 6.55.